The normalized spacial score (nSPS) is 29.4. The summed E-state index contributed by atoms with van der Waals surface area (Å²) in [6.07, 6.45) is 9.81. The van der Waals surface area contributed by atoms with E-state index >= 15 is 0 Å². The van der Waals surface area contributed by atoms with Gasteiger partial charge >= 0.3 is 0 Å². The second kappa shape index (κ2) is 6.44. The van der Waals surface area contributed by atoms with Crippen molar-refractivity contribution in [3.05, 3.63) is 0 Å². The zero-order chi connectivity index (χ0) is 10.4. The highest BCUT2D eigenvalue weighted by Gasteiger charge is 2.26. The van der Waals surface area contributed by atoms with Gasteiger partial charge in [-0.25, -0.2) is 0 Å². The monoisotopic (exact) mass is 197 g/mol. The Morgan fingerprint density at radius 1 is 1.29 bits per heavy atom. The van der Waals surface area contributed by atoms with Crippen LogP contribution in [0.4, 0.5) is 0 Å². The van der Waals surface area contributed by atoms with Crippen molar-refractivity contribution in [2.75, 3.05) is 0 Å². The molecular weight excluding hydrogens is 170 g/mol. The number of rotatable bonds is 6. The van der Waals surface area contributed by atoms with Crippen molar-refractivity contribution in [3.8, 4) is 0 Å². The molecule has 0 radical (unpaired) electrons. The van der Waals surface area contributed by atoms with Crippen molar-refractivity contribution in [2.24, 2.45) is 5.92 Å². The molecule has 1 heteroatoms. The summed E-state index contributed by atoms with van der Waals surface area (Å²) >= 11 is 0. The lowest BCUT2D eigenvalue weighted by Gasteiger charge is -2.24. The van der Waals surface area contributed by atoms with Gasteiger partial charge in [0.15, 0.2) is 0 Å². The molecule has 1 saturated carbocycles. The number of hydrogen-bond donors (Lipinski definition) is 1. The summed E-state index contributed by atoms with van der Waals surface area (Å²) in [6.45, 7) is 6.88. The maximum absolute atomic E-state index is 3.79. The van der Waals surface area contributed by atoms with Gasteiger partial charge in [0.2, 0.25) is 0 Å². The largest absolute Gasteiger partial charge is 0.311 e. The lowest BCUT2D eigenvalue weighted by atomic mass is 9.96. The molecule has 0 saturated heterocycles. The van der Waals surface area contributed by atoms with Gasteiger partial charge in [0, 0.05) is 12.1 Å². The summed E-state index contributed by atoms with van der Waals surface area (Å²) in [4.78, 5) is 0. The predicted octanol–water partition coefficient (Wildman–Crippen LogP) is 3.73. The van der Waals surface area contributed by atoms with E-state index in [2.05, 4.69) is 26.1 Å². The number of nitrogens with one attached hydrogen (secondary N) is 1. The predicted molar refractivity (Wildman–Crippen MR) is 63.5 cm³/mol. The highest BCUT2D eigenvalue weighted by atomic mass is 15.0. The number of hydrogen-bond acceptors (Lipinski definition) is 1. The standard InChI is InChI=1S/C13H27N/c1-4-6-8-12-9-7-10-13(12)14-11(3)5-2/h11-14H,4-10H2,1-3H3. The molecule has 3 atom stereocenters. The first-order chi connectivity index (χ1) is 6.77. The van der Waals surface area contributed by atoms with Crippen LogP contribution in [-0.2, 0) is 0 Å². The summed E-state index contributed by atoms with van der Waals surface area (Å²) in [5, 5.41) is 3.79. The number of unbranched alkanes of at least 4 members (excludes halogenated alkanes) is 1. The molecule has 1 N–H and O–H groups in total. The fourth-order valence-electron chi connectivity index (χ4n) is 2.55. The molecule has 1 rings (SSSR count). The van der Waals surface area contributed by atoms with Crippen LogP contribution >= 0.6 is 0 Å². The van der Waals surface area contributed by atoms with Gasteiger partial charge in [0.25, 0.3) is 0 Å². The van der Waals surface area contributed by atoms with Gasteiger partial charge in [-0.2, -0.15) is 0 Å². The Labute approximate surface area is 89.7 Å². The van der Waals surface area contributed by atoms with Crippen molar-refractivity contribution in [1.29, 1.82) is 0 Å². The third kappa shape index (κ3) is 3.61. The van der Waals surface area contributed by atoms with Crippen LogP contribution in [-0.4, -0.2) is 12.1 Å². The lowest BCUT2D eigenvalue weighted by Crippen LogP contribution is -2.38. The molecule has 1 aliphatic carbocycles. The van der Waals surface area contributed by atoms with Crippen LogP contribution < -0.4 is 5.32 Å². The first-order valence-electron chi connectivity index (χ1n) is 6.54. The zero-order valence-electron chi connectivity index (χ0n) is 10.2. The molecule has 84 valence electrons. The van der Waals surface area contributed by atoms with E-state index in [1.807, 2.05) is 0 Å². The summed E-state index contributed by atoms with van der Waals surface area (Å²) in [5.74, 6) is 0.976. The van der Waals surface area contributed by atoms with E-state index in [4.69, 9.17) is 0 Å². The maximum Gasteiger partial charge on any atom is 0.00977 e. The van der Waals surface area contributed by atoms with Crippen molar-refractivity contribution in [3.63, 3.8) is 0 Å². The van der Waals surface area contributed by atoms with Gasteiger partial charge in [-0.05, 0) is 38.5 Å². The van der Waals surface area contributed by atoms with Crippen LogP contribution in [0.2, 0.25) is 0 Å². The van der Waals surface area contributed by atoms with E-state index in [1.165, 1.54) is 44.9 Å². The highest BCUT2D eigenvalue weighted by Crippen LogP contribution is 2.30. The second-order valence-corrected chi connectivity index (χ2v) is 4.92. The van der Waals surface area contributed by atoms with Crippen molar-refractivity contribution in [1.82, 2.24) is 5.32 Å². The summed E-state index contributed by atoms with van der Waals surface area (Å²) in [5.41, 5.74) is 0. The fourth-order valence-corrected chi connectivity index (χ4v) is 2.55. The Morgan fingerprint density at radius 3 is 2.71 bits per heavy atom. The molecule has 3 unspecified atom stereocenters. The molecule has 0 amide bonds. The molecule has 14 heavy (non-hydrogen) atoms. The Balaban J connectivity index is 2.27. The van der Waals surface area contributed by atoms with Gasteiger partial charge in [0.05, 0.1) is 0 Å². The summed E-state index contributed by atoms with van der Waals surface area (Å²) in [7, 11) is 0. The SMILES string of the molecule is CCCCC1CCCC1NC(C)CC. The smallest absolute Gasteiger partial charge is 0.00977 e. The van der Waals surface area contributed by atoms with E-state index in [0.29, 0.717) is 6.04 Å². The van der Waals surface area contributed by atoms with Gasteiger partial charge in [-0.3, -0.25) is 0 Å². The van der Waals surface area contributed by atoms with E-state index < -0.39 is 0 Å². The van der Waals surface area contributed by atoms with Crippen LogP contribution in [0.15, 0.2) is 0 Å². The molecule has 1 nitrogen and oxygen atoms in total. The van der Waals surface area contributed by atoms with Crippen molar-refractivity contribution >= 4 is 0 Å². The molecule has 1 fully saturated rings. The Bertz CT molecular complexity index is 144. The van der Waals surface area contributed by atoms with Crippen LogP contribution in [0, 0.1) is 5.92 Å². The van der Waals surface area contributed by atoms with Crippen LogP contribution in [0.5, 0.6) is 0 Å². The van der Waals surface area contributed by atoms with E-state index in [9.17, 15) is 0 Å². The Kier molecular flexibility index (Phi) is 5.54. The third-order valence-corrected chi connectivity index (χ3v) is 3.70. The van der Waals surface area contributed by atoms with Gasteiger partial charge < -0.3 is 5.32 Å². The highest BCUT2D eigenvalue weighted by molar-refractivity contribution is 4.84. The molecule has 0 spiro atoms. The minimum atomic E-state index is 0.710. The van der Waals surface area contributed by atoms with Crippen LogP contribution in [0.1, 0.15) is 65.7 Å². The molecular formula is C13H27N. The summed E-state index contributed by atoms with van der Waals surface area (Å²) in [6, 6.07) is 1.54. The van der Waals surface area contributed by atoms with Gasteiger partial charge in [-0.15, -0.1) is 0 Å². The topological polar surface area (TPSA) is 12.0 Å². The quantitative estimate of drug-likeness (QED) is 0.684. The molecule has 0 aromatic heterocycles. The van der Waals surface area contributed by atoms with E-state index in [1.54, 1.807) is 0 Å². The fraction of sp³-hybridized carbons (Fsp3) is 1.00. The third-order valence-electron chi connectivity index (χ3n) is 3.70. The molecule has 0 heterocycles. The molecule has 1 aliphatic rings. The zero-order valence-corrected chi connectivity index (χ0v) is 10.2. The van der Waals surface area contributed by atoms with Gasteiger partial charge in [0.1, 0.15) is 0 Å². The van der Waals surface area contributed by atoms with Crippen LogP contribution in [0.25, 0.3) is 0 Å². The minimum absolute atomic E-state index is 0.710. The Morgan fingerprint density at radius 2 is 2.07 bits per heavy atom. The molecule has 0 aliphatic heterocycles. The minimum Gasteiger partial charge on any atom is -0.311 e. The van der Waals surface area contributed by atoms with Gasteiger partial charge in [-0.1, -0.05) is 33.1 Å². The first kappa shape index (κ1) is 12.0. The lowest BCUT2D eigenvalue weighted by molar-refractivity contribution is 0.338. The maximum atomic E-state index is 3.79. The van der Waals surface area contributed by atoms with E-state index in [-0.39, 0.29) is 0 Å². The first-order valence-corrected chi connectivity index (χ1v) is 6.54. The average Bonchev–Trinajstić information content (AvgIpc) is 2.62. The average molecular weight is 197 g/mol. The molecule has 0 aromatic rings. The van der Waals surface area contributed by atoms with Crippen LogP contribution in [0.3, 0.4) is 0 Å². The summed E-state index contributed by atoms with van der Waals surface area (Å²) < 4.78 is 0. The molecule has 0 aromatic carbocycles. The van der Waals surface area contributed by atoms with Crippen molar-refractivity contribution < 1.29 is 0 Å². The van der Waals surface area contributed by atoms with E-state index in [0.717, 1.165) is 12.0 Å². The molecule has 0 bridgehead atoms. The van der Waals surface area contributed by atoms with Crippen molar-refractivity contribution in [2.45, 2.75) is 77.8 Å². The Hall–Kier alpha value is -0.0400. The second-order valence-electron chi connectivity index (χ2n) is 4.92.